The van der Waals surface area contributed by atoms with E-state index < -0.39 is 10.9 Å². The Morgan fingerprint density at radius 1 is 0.583 bits per heavy atom. The number of nitrogens with two attached hydrogens (primary N) is 1. The minimum atomic E-state index is -0.450. The Morgan fingerprint density at radius 2 is 1.04 bits per heavy atom. The largest absolute Gasteiger partial charge is 0.461 e. The van der Waals surface area contributed by atoms with Gasteiger partial charge in [0.15, 0.2) is 11.6 Å². The molecule has 34 nitrogen and oxygen atoms in total. The third-order valence-electron chi connectivity index (χ3n) is 21.2. The van der Waals surface area contributed by atoms with Crippen molar-refractivity contribution in [1.29, 1.82) is 0 Å². The summed E-state index contributed by atoms with van der Waals surface area (Å²) in [5.41, 5.74) is 15.8. The number of nitro groups is 1. The van der Waals surface area contributed by atoms with Gasteiger partial charge in [0.25, 0.3) is 22.6 Å². The zero-order chi connectivity index (χ0) is 82.9. The molecule has 14 heterocycles. The molecule has 9 aromatic heterocycles. The monoisotopic (exact) mass is 1780 g/mol. The summed E-state index contributed by atoms with van der Waals surface area (Å²) in [6.45, 7) is 28.3. The normalized spacial score (nSPS) is 16.7. The lowest BCUT2D eigenvalue weighted by atomic mass is 9.90. The predicted octanol–water partition coefficient (Wildman–Crippen LogP) is 8.69. The van der Waals surface area contributed by atoms with Gasteiger partial charge >= 0.3 is 11.8 Å². The molecule has 1 amide bonds. The molecule has 0 saturated heterocycles. The highest BCUT2D eigenvalue weighted by Crippen LogP contribution is 2.41. The number of hydrogen-bond acceptors (Lipinski definition) is 24. The number of pyridine rings is 4. The zero-order valence-electron chi connectivity index (χ0n) is 67.8. The summed E-state index contributed by atoms with van der Waals surface area (Å²) in [5.74, 6) is 1.69. The van der Waals surface area contributed by atoms with Crippen molar-refractivity contribution < 1.29 is 38.2 Å². The molecule has 0 spiro atoms. The third-order valence-corrected chi connectivity index (χ3v) is 22.7. The third kappa shape index (κ3) is 21.2. The van der Waals surface area contributed by atoms with Crippen LogP contribution in [0.25, 0.3) is 11.1 Å². The van der Waals surface area contributed by atoms with Crippen LogP contribution in [0, 0.1) is 15.5 Å². The number of carbonyl (C=O) groups excluding carboxylic acids is 2. The average molecular weight is 1780 g/mol. The van der Waals surface area contributed by atoms with Crippen molar-refractivity contribution in [2.24, 2.45) is 26.6 Å². The highest BCUT2D eigenvalue weighted by molar-refractivity contribution is 9.11. The second-order valence-corrected chi connectivity index (χ2v) is 33.3. The molecule has 0 aromatic carbocycles. The van der Waals surface area contributed by atoms with E-state index in [0.717, 1.165) is 111 Å². The molecule has 5 aliphatic heterocycles. The summed E-state index contributed by atoms with van der Waals surface area (Å²) in [7, 11) is 12.0. The number of nitrogens with zero attached hydrogens (tertiary/aromatic N) is 19. The number of fused-ring (bicyclic) bond motifs is 7. The molecule has 0 fully saturated rings. The molecule has 15 rings (SSSR count). The SMILES string of the molecule is COCC(C)N1CCn2nc(N)cc2C1.COCC(C)N1CCn2nc(Nc3cc(-c4ccnc(N5CCn6c(cc7c6CC(C)(C)C7)C5=O)c4COC(C)=O)cn(C)c3=O)cc2C1.COCC(C)N1CCn2nc(Nc3cc(Br)cn(C)c3=O)cc2C1.COCC(C)N1CCn2nc([N+](=O)[O-])cc2C1.Cn1cc(Br)cc(Br)c1=O. The van der Waals surface area contributed by atoms with Crippen LogP contribution in [0.15, 0.2) is 107 Å². The number of nitrogen functional groups attached to an aromatic ring is 1. The Bertz CT molecular complexity index is 5110. The number of hydrogen-bond donors (Lipinski definition) is 3. The van der Waals surface area contributed by atoms with Gasteiger partial charge in [-0.1, -0.05) is 13.8 Å². The maximum Gasteiger partial charge on any atom is 0.390 e. The number of carbonyl (C=O) groups is 2. The van der Waals surface area contributed by atoms with E-state index in [1.54, 1.807) is 108 Å². The number of methoxy groups -OCH3 is 4. The van der Waals surface area contributed by atoms with Crippen LogP contribution in [-0.2, 0) is 128 Å². The van der Waals surface area contributed by atoms with Gasteiger partial charge in [0, 0.05) is 215 Å². The van der Waals surface area contributed by atoms with Crippen molar-refractivity contribution in [2.45, 2.75) is 151 Å². The van der Waals surface area contributed by atoms with Crippen LogP contribution in [0.4, 0.5) is 40.5 Å². The molecule has 1 aliphatic carbocycles. The molecule has 4 unspecified atom stereocenters. The lowest BCUT2D eigenvalue weighted by molar-refractivity contribution is -0.389. The second-order valence-electron chi connectivity index (χ2n) is 30.6. The number of aryl methyl sites for hydroxylation is 3. The predicted molar refractivity (Wildman–Crippen MR) is 448 cm³/mol. The molecule has 115 heavy (non-hydrogen) atoms. The van der Waals surface area contributed by atoms with Crippen molar-refractivity contribution in [3.63, 3.8) is 0 Å². The number of aromatic nitrogens is 13. The quantitative estimate of drug-likeness (QED) is 0.0344. The second kappa shape index (κ2) is 38.4. The van der Waals surface area contributed by atoms with Gasteiger partial charge in [-0.3, -0.25) is 62.5 Å². The average Bonchev–Trinajstić information content (AvgIpc) is 1.62. The van der Waals surface area contributed by atoms with Gasteiger partial charge in [-0.2, -0.15) is 20.0 Å². The van der Waals surface area contributed by atoms with Crippen LogP contribution >= 0.6 is 47.8 Å². The van der Waals surface area contributed by atoms with E-state index >= 15 is 0 Å². The zero-order valence-corrected chi connectivity index (χ0v) is 72.5. The molecular weight excluding hydrogens is 1680 g/mol. The van der Waals surface area contributed by atoms with Crippen molar-refractivity contribution in [2.75, 3.05) is 109 Å². The molecule has 620 valence electrons. The first-order chi connectivity index (χ1) is 54.8. The molecule has 37 heteroatoms. The molecule has 4 atom stereocenters. The number of esters is 1. The fourth-order valence-electron chi connectivity index (χ4n) is 15.3. The molecule has 0 saturated carbocycles. The van der Waals surface area contributed by atoms with Crippen LogP contribution in [0.5, 0.6) is 0 Å². The summed E-state index contributed by atoms with van der Waals surface area (Å²) in [6, 6.07) is 18.0. The van der Waals surface area contributed by atoms with E-state index in [4.69, 9.17) is 34.5 Å². The number of ether oxygens (including phenoxy) is 5. The van der Waals surface area contributed by atoms with E-state index in [9.17, 15) is 34.1 Å². The number of rotatable bonds is 21. The maximum absolute atomic E-state index is 14.0. The van der Waals surface area contributed by atoms with Gasteiger partial charge in [0.05, 0.1) is 91.0 Å². The summed E-state index contributed by atoms with van der Waals surface area (Å²) in [6.07, 6.45) is 8.74. The fraction of sp³-hybridized carbons (Fsp3) is 0.513. The van der Waals surface area contributed by atoms with Crippen molar-refractivity contribution >= 4 is 100 Å². The molecule has 9 aromatic rings. The van der Waals surface area contributed by atoms with Gasteiger partial charge in [-0.05, 0) is 140 Å². The van der Waals surface area contributed by atoms with Crippen molar-refractivity contribution in [1.82, 2.24) is 82.0 Å². The smallest absolute Gasteiger partial charge is 0.390 e. The summed E-state index contributed by atoms with van der Waals surface area (Å²) >= 11 is 9.80. The van der Waals surface area contributed by atoms with E-state index in [0.29, 0.717) is 126 Å². The summed E-state index contributed by atoms with van der Waals surface area (Å²) < 4.78 is 43.1. The minimum absolute atomic E-state index is 0.0248. The summed E-state index contributed by atoms with van der Waals surface area (Å²) in [5, 5.41) is 34.5. The van der Waals surface area contributed by atoms with Gasteiger partial charge in [-0.25, -0.2) is 4.98 Å². The van der Waals surface area contributed by atoms with Crippen LogP contribution < -0.4 is 37.9 Å². The van der Waals surface area contributed by atoms with Gasteiger partial charge in [-0.15, -0.1) is 0 Å². The Labute approximate surface area is 692 Å². The summed E-state index contributed by atoms with van der Waals surface area (Å²) in [4.78, 5) is 88.6. The minimum Gasteiger partial charge on any atom is -0.461 e. The van der Waals surface area contributed by atoms with Crippen LogP contribution in [0.1, 0.15) is 98.6 Å². The molecule has 0 bridgehead atoms. The van der Waals surface area contributed by atoms with E-state index in [1.165, 1.54) is 37.6 Å². The molecule has 4 N–H and O–H groups in total. The Kier molecular flexibility index (Phi) is 29.0. The Morgan fingerprint density at radius 3 is 1.54 bits per heavy atom. The number of anilines is 6. The Hall–Kier alpha value is -9.02. The molecule has 0 radical (unpaired) electrons. The van der Waals surface area contributed by atoms with Crippen LogP contribution in [0.2, 0.25) is 0 Å². The number of nitrogens with one attached hydrogen (secondary N) is 2. The van der Waals surface area contributed by atoms with E-state index in [1.807, 2.05) is 44.4 Å². The van der Waals surface area contributed by atoms with Crippen LogP contribution in [0.3, 0.4) is 0 Å². The first-order valence-electron chi connectivity index (χ1n) is 38.2. The van der Waals surface area contributed by atoms with Crippen molar-refractivity contribution in [3.05, 3.63) is 179 Å². The van der Waals surface area contributed by atoms with Gasteiger partial charge in [0.1, 0.15) is 35.3 Å². The lowest BCUT2D eigenvalue weighted by Crippen LogP contribution is -2.41. The van der Waals surface area contributed by atoms with Gasteiger partial charge < -0.3 is 68.4 Å². The highest BCUT2D eigenvalue weighted by Gasteiger charge is 2.39. The molecule has 6 aliphatic rings. The van der Waals surface area contributed by atoms with Crippen LogP contribution in [-0.4, -0.2) is 211 Å². The lowest BCUT2D eigenvalue weighted by Gasteiger charge is -2.32. The highest BCUT2D eigenvalue weighted by atomic mass is 79.9. The number of halogens is 3. The van der Waals surface area contributed by atoms with E-state index in [2.05, 4.69) is 144 Å². The first kappa shape index (κ1) is 86.8. The Balaban J connectivity index is 0.000000162. The molecular formula is C78H105Br3N22O12. The topological polar surface area (TPSA) is 345 Å². The standard InChI is InChI=1S/C36H44N8O5.C16H22BrN5O2.C10H16N4O3.C10H18N4O.C6H5Br2NO/c1-22(20-48-6)41-9-12-44-26(19-41)15-32(39-44)38-29-13-25(18-40(5)34(29)46)27-7-8-37-33(28(27)21-49-23(2)45)43-11-10-42-30(35(43)47)14-24-16-36(3,4)17-31(24)42;1-11(10-24-3)21-4-5-22-13(9-21)7-15(19-22)18-14-6-12(17)8-20(2)16(14)23;1-8(7-17-2)12-3-4-13-9(6-12)5-10(11-13)14(15)16;1-8(7-15-2)13-3-4-14-9(6-13)5-10(11)12-14;1-9-3-4(7)2-5(8)6(9)10/h7-8,13-15,18,22H,9-12,16-17,19-21H2,1-6H3,(H,38,39);6-8,11H,4-5,9-10H2,1-3H3,(H,18,19);5,8H,3-4,6-7H2,1-2H3;5,8H,3-4,6-7H2,1-2H3,(H2,11,12);2-3H,1H3. The maximum atomic E-state index is 14.0. The van der Waals surface area contributed by atoms with Gasteiger partial charge in [0.2, 0.25) is 0 Å². The first-order valence-corrected chi connectivity index (χ1v) is 40.6. The number of amides is 1. The van der Waals surface area contributed by atoms with Crippen molar-refractivity contribution in [3.8, 4) is 11.1 Å². The fourth-order valence-corrected chi connectivity index (χ4v) is 17.2. The van der Waals surface area contributed by atoms with E-state index in [-0.39, 0.29) is 46.5 Å².